The molecule has 172 valence electrons. The molecule has 4 rings (SSSR count). The fourth-order valence-corrected chi connectivity index (χ4v) is 4.28. The monoisotopic (exact) mass is 466 g/mol. The first-order valence-electron chi connectivity index (χ1n) is 10.8. The third-order valence-corrected chi connectivity index (χ3v) is 6.05. The van der Waals surface area contributed by atoms with Gasteiger partial charge < -0.3 is 19.1 Å². The second-order valence-electron chi connectivity index (χ2n) is 7.97. The molecule has 3 aromatic rings. The molecule has 0 N–H and O–H groups in total. The number of carbonyl (C=O) groups is 2. The van der Waals surface area contributed by atoms with Crippen LogP contribution in [0.4, 0.5) is 5.69 Å². The average molecular weight is 467 g/mol. The van der Waals surface area contributed by atoms with Gasteiger partial charge in [-0.2, -0.15) is 0 Å². The van der Waals surface area contributed by atoms with Crippen molar-refractivity contribution in [3.8, 4) is 17.0 Å². The molecule has 1 aromatic heterocycles. The predicted molar refractivity (Wildman–Crippen MR) is 127 cm³/mol. The summed E-state index contributed by atoms with van der Waals surface area (Å²) >= 11 is 1.59. The number of nitrogens with zero attached hydrogens (tertiary/aromatic N) is 2. The Morgan fingerprint density at radius 1 is 1.21 bits per heavy atom. The standard InChI is InChI=1S/C25H26N2O5S/c1-16(2)32-25(29)18-6-4-17(5-7-18)13-27-21-12-19(8-9-22(21)31-14-24(27)28)20-15-33-23(26-20)10-11-30-3/h4-9,12,15-16H,10-11,13-14H2,1-3H3. The molecule has 0 aliphatic carbocycles. The summed E-state index contributed by atoms with van der Waals surface area (Å²) < 4.78 is 16.0. The quantitative estimate of drug-likeness (QED) is 0.455. The lowest BCUT2D eigenvalue weighted by Crippen LogP contribution is -2.38. The number of thiazole rings is 1. The lowest BCUT2D eigenvalue weighted by Gasteiger charge is -2.30. The van der Waals surface area contributed by atoms with E-state index in [9.17, 15) is 9.59 Å². The largest absolute Gasteiger partial charge is 0.482 e. The molecular weight excluding hydrogens is 440 g/mol. The van der Waals surface area contributed by atoms with Crippen molar-refractivity contribution in [3.05, 3.63) is 64.0 Å². The van der Waals surface area contributed by atoms with Gasteiger partial charge in [0, 0.05) is 24.5 Å². The molecule has 0 fully saturated rings. The maximum Gasteiger partial charge on any atom is 0.338 e. The average Bonchev–Trinajstić information content (AvgIpc) is 3.28. The minimum absolute atomic E-state index is 0.0109. The highest BCUT2D eigenvalue weighted by Gasteiger charge is 2.26. The summed E-state index contributed by atoms with van der Waals surface area (Å²) in [4.78, 5) is 31.2. The van der Waals surface area contributed by atoms with Crippen LogP contribution in [0.3, 0.4) is 0 Å². The molecule has 0 radical (unpaired) electrons. The first kappa shape index (κ1) is 22.9. The lowest BCUT2D eigenvalue weighted by atomic mass is 10.1. The summed E-state index contributed by atoms with van der Waals surface area (Å²) in [6.07, 6.45) is 0.586. The van der Waals surface area contributed by atoms with E-state index in [0.29, 0.717) is 30.2 Å². The smallest absolute Gasteiger partial charge is 0.338 e. The van der Waals surface area contributed by atoms with Crippen molar-refractivity contribution in [2.24, 2.45) is 0 Å². The number of methoxy groups -OCH3 is 1. The van der Waals surface area contributed by atoms with Gasteiger partial charge in [-0.15, -0.1) is 11.3 Å². The van der Waals surface area contributed by atoms with Crippen LogP contribution >= 0.6 is 11.3 Å². The first-order chi connectivity index (χ1) is 15.9. The van der Waals surface area contributed by atoms with E-state index < -0.39 is 0 Å². The van der Waals surface area contributed by atoms with Crippen LogP contribution in [-0.2, 0) is 27.2 Å². The molecule has 1 aliphatic heterocycles. The zero-order valence-electron chi connectivity index (χ0n) is 18.9. The van der Waals surface area contributed by atoms with Crippen LogP contribution in [-0.4, -0.2) is 43.3 Å². The van der Waals surface area contributed by atoms with E-state index in [0.717, 1.165) is 28.2 Å². The van der Waals surface area contributed by atoms with Gasteiger partial charge in [0.25, 0.3) is 5.91 Å². The van der Waals surface area contributed by atoms with Gasteiger partial charge in [-0.05, 0) is 49.7 Å². The van der Waals surface area contributed by atoms with Gasteiger partial charge in [0.1, 0.15) is 5.75 Å². The number of benzene rings is 2. The van der Waals surface area contributed by atoms with E-state index in [4.69, 9.17) is 19.2 Å². The number of esters is 1. The topological polar surface area (TPSA) is 78.0 Å². The maximum absolute atomic E-state index is 12.7. The number of fused-ring (bicyclic) bond motifs is 1. The minimum Gasteiger partial charge on any atom is -0.482 e. The number of hydrogen-bond acceptors (Lipinski definition) is 7. The summed E-state index contributed by atoms with van der Waals surface area (Å²) in [7, 11) is 1.68. The first-order valence-corrected chi connectivity index (χ1v) is 11.6. The Hall–Kier alpha value is -3.23. The van der Waals surface area contributed by atoms with Gasteiger partial charge in [0.15, 0.2) is 6.61 Å². The second kappa shape index (κ2) is 10.1. The summed E-state index contributed by atoms with van der Waals surface area (Å²) in [5, 5.41) is 3.02. The molecule has 1 aliphatic rings. The van der Waals surface area contributed by atoms with Crippen molar-refractivity contribution < 1.29 is 23.8 Å². The van der Waals surface area contributed by atoms with E-state index in [-0.39, 0.29) is 24.6 Å². The zero-order valence-corrected chi connectivity index (χ0v) is 19.7. The molecule has 2 aromatic carbocycles. The second-order valence-corrected chi connectivity index (χ2v) is 8.91. The molecule has 33 heavy (non-hydrogen) atoms. The highest BCUT2D eigenvalue weighted by molar-refractivity contribution is 7.09. The molecular formula is C25H26N2O5S. The van der Waals surface area contributed by atoms with Crippen molar-refractivity contribution in [2.45, 2.75) is 32.9 Å². The Balaban J connectivity index is 1.56. The summed E-state index contributed by atoms with van der Waals surface area (Å²) in [5.41, 5.74) is 3.87. The zero-order chi connectivity index (χ0) is 23.4. The molecule has 0 saturated heterocycles. The van der Waals surface area contributed by atoms with Crippen molar-refractivity contribution in [3.63, 3.8) is 0 Å². The third-order valence-electron chi connectivity index (χ3n) is 5.14. The van der Waals surface area contributed by atoms with Crippen LogP contribution in [0.15, 0.2) is 47.8 Å². The number of carbonyl (C=O) groups excluding carboxylic acids is 2. The molecule has 2 heterocycles. The van der Waals surface area contributed by atoms with Gasteiger partial charge >= 0.3 is 5.97 Å². The Morgan fingerprint density at radius 3 is 2.73 bits per heavy atom. The van der Waals surface area contributed by atoms with E-state index >= 15 is 0 Å². The molecule has 0 spiro atoms. The van der Waals surface area contributed by atoms with Crippen LogP contribution in [0.1, 0.15) is 34.8 Å². The number of anilines is 1. The van der Waals surface area contributed by atoms with E-state index in [1.54, 1.807) is 35.5 Å². The summed E-state index contributed by atoms with van der Waals surface area (Å²) in [6, 6.07) is 12.9. The fourth-order valence-electron chi connectivity index (χ4n) is 3.49. The van der Waals surface area contributed by atoms with Gasteiger partial charge in [0.05, 0.1) is 41.2 Å². The lowest BCUT2D eigenvalue weighted by molar-refractivity contribution is -0.121. The minimum atomic E-state index is -0.359. The van der Waals surface area contributed by atoms with E-state index in [2.05, 4.69) is 0 Å². The van der Waals surface area contributed by atoms with Gasteiger partial charge in [-0.3, -0.25) is 4.79 Å². The number of ether oxygens (including phenoxy) is 3. The highest BCUT2D eigenvalue weighted by Crippen LogP contribution is 2.37. The van der Waals surface area contributed by atoms with Gasteiger partial charge in [0.2, 0.25) is 0 Å². The van der Waals surface area contributed by atoms with Crippen molar-refractivity contribution in [1.82, 2.24) is 4.98 Å². The Kier molecular flexibility index (Phi) is 7.05. The predicted octanol–water partition coefficient (Wildman–Crippen LogP) is 4.49. The molecule has 7 nitrogen and oxygen atoms in total. The number of hydrogen-bond donors (Lipinski definition) is 0. The van der Waals surface area contributed by atoms with Crippen LogP contribution < -0.4 is 9.64 Å². The van der Waals surface area contributed by atoms with Crippen LogP contribution in [0.2, 0.25) is 0 Å². The highest BCUT2D eigenvalue weighted by atomic mass is 32.1. The molecule has 0 atom stereocenters. The van der Waals surface area contributed by atoms with Crippen molar-refractivity contribution in [1.29, 1.82) is 0 Å². The van der Waals surface area contributed by atoms with Gasteiger partial charge in [-0.1, -0.05) is 12.1 Å². The number of aromatic nitrogens is 1. The van der Waals surface area contributed by atoms with Gasteiger partial charge in [-0.25, -0.2) is 9.78 Å². The summed E-state index contributed by atoms with van der Waals surface area (Å²) in [5.74, 6) is 0.175. The van der Waals surface area contributed by atoms with Crippen LogP contribution in [0.5, 0.6) is 5.75 Å². The number of rotatable bonds is 8. The molecule has 1 amide bonds. The van der Waals surface area contributed by atoms with Crippen LogP contribution in [0, 0.1) is 0 Å². The molecule has 0 bridgehead atoms. The van der Waals surface area contributed by atoms with Crippen molar-refractivity contribution >= 4 is 28.9 Å². The van der Waals surface area contributed by atoms with E-state index in [1.165, 1.54) is 0 Å². The molecule has 0 unspecified atom stereocenters. The maximum atomic E-state index is 12.7. The molecule has 8 heteroatoms. The Labute approximate surface area is 196 Å². The third kappa shape index (κ3) is 5.40. The Bertz CT molecular complexity index is 1140. The summed E-state index contributed by atoms with van der Waals surface area (Å²) in [6.45, 7) is 4.61. The normalized spacial score (nSPS) is 13.1. The van der Waals surface area contributed by atoms with Crippen molar-refractivity contribution in [2.75, 3.05) is 25.2 Å². The Morgan fingerprint density at radius 2 is 2.00 bits per heavy atom. The molecule has 0 saturated carbocycles. The van der Waals surface area contributed by atoms with E-state index in [1.807, 2.05) is 49.6 Å². The number of amides is 1. The fraction of sp³-hybridized carbons (Fsp3) is 0.320. The van der Waals surface area contributed by atoms with Crippen LogP contribution in [0.25, 0.3) is 11.3 Å². The SMILES string of the molecule is COCCc1nc(-c2ccc3c(c2)N(Cc2ccc(C(=O)OC(C)C)cc2)C(=O)CO3)cs1.